The Bertz CT molecular complexity index is 330. The first-order valence-electron chi connectivity index (χ1n) is 3.59. The van der Waals surface area contributed by atoms with E-state index in [1.165, 1.54) is 6.07 Å². The fraction of sp³-hybridized carbons (Fsp3) is 0.143. The Balaban J connectivity index is 2.98. The van der Waals surface area contributed by atoms with Gasteiger partial charge in [0.15, 0.2) is 0 Å². The van der Waals surface area contributed by atoms with Crippen LogP contribution in [0.3, 0.4) is 0 Å². The van der Waals surface area contributed by atoms with E-state index in [9.17, 15) is 10.1 Å². The number of hydrogen-bond donors (Lipinski definition) is 1. The van der Waals surface area contributed by atoms with Crippen LogP contribution < -0.4 is 10.2 Å². The third-order valence-electron chi connectivity index (χ3n) is 1.41. The molecule has 2 N–H and O–H groups in total. The average molecular weight is 242 g/mol. The van der Waals surface area contributed by atoms with Crippen molar-refractivity contribution < 1.29 is 4.92 Å². The van der Waals surface area contributed by atoms with Gasteiger partial charge in [-0.2, -0.15) is 0 Å². The number of aromatic nitrogens is 1. The molecule has 1 aromatic heterocycles. The van der Waals surface area contributed by atoms with Crippen LogP contribution in [0.25, 0.3) is 0 Å². The predicted octanol–water partition coefficient (Wildman–Crippen LogP) is -0.114. The van der Waals surface area contributed by atoms with Gasteiger partial charge in [0, 0.05) is 0 Å². The molecular weight excluding hydrogens is 233 g/mol. The van der Waals surface area contributed by atoms with Crippen molar-refractivity contribution in [3.05, 3.63) is 29.2 Å². The van der Waals surface area contributed by atoms with Crippen molar-refractivity contribution in [2.24, 2.45) is 0 Å². The molecule has 5 nitrogen and oxygen atoms in total. The van der Waals surface area contributed by atoms with Gasteiger partial charge in [0.05, 0.1) is 0 Å². The summed E-state index contributed by atoms with van der Waals surface area (Å²) >= 11 is -0.371. The van der Waals surface area contributed by atoms with Crippen molar-refractivity contribution in [2.45, 2.75) is 5.21 Å². The summed E-state index contributed by atoms with van der Waals surface area (Å²) in [5.74, 6) is -0.000278. The zero-order chi connectivity index (χ0) is 9.84. The number of nitrogens with two attached hydrogens (primary N) is 1. The molecule has 69 valence electrons. The molecule has 0 aliphatic carbocycles. The number of rotatable bonds is 3. The van der Waals surface area contributed by atoms with Crippen molar-refractivity contribution in [3.63, 3.8) is 0 Å². The second-order valence-electron chi connectivity index (χ2n) is 2.28. The van der Waals surface area contributed by atoms with Crippen LogP contribution in [-0.4, -0.2) is 25.7 Å². The topological polar surface area (TPSA) is 82.0 Å². The first kappa shape index (κ1) is 9.99. The summed E-state index contributed by atoms with van der Waals surface area (Å²) in [6.07, 6.45) is 0. The zero-order valence-electron chi connectivity index (χ0n) is 6.86. The predicted molar refractivity (Wildman–Crippen MR) is 52.3 cm³/mol. The van der Waals surface area contributed by atoms with Crippen molar-refractivity contribution in [2.75, 3.05) is 5.73 Å². The average Bonchev–Trinajstić information content (AvgIpc) is 2.04. The van der Waals surface area contributed by atoms with Crippen LogP contribution in [0.1, 0.15) is 0 Å². The second-order valence-corrected chi connectivity index (χ2v) is 5.15. The Labute approximate surface area is 82.2 Å². The molecule has 1 heterocycles. The van der Waals surface area contributed by atoms with Crippen molar-refractivity contribution in [1.82, 2.24) is 4.98 Å². The Morgan fingerprint density at radius 2 is 2.38 bits per heavy atom. The minimum atomic E-state index is -0.531. The van der Waals surface area contributed by atoms with Gasteiger partial charge in [-0.3, -0.25) is 0 Å². The van der Waals surface area contributed by atoms with Gasteiger partial charge < -0.3 is 0 Å². The summed E-state index contributed by atoms with van der Waals surface area (Å²) in [5.41, 5.74) is 5.27. The van der Waals surface area contributed by atoms with E-state index >= 15 is 0 Å². The molecule has 0 saturated heterocycles. The van der Waals surface area contributed by atoms with Gasteiger partial charge >= 0.3 is 81.8 Å². The number of pyridine rings is 1. The van der Waals surface area contributed by atoms with E-state index in [1.54, 1.807) is 6.07 Å². The van der Waals surface area contributed by atoms with Crippen LogP contribution >= 0.6 is 0 Å². The molecule has 0 spiro atoms. The van der Waals surface area contributed by atoms with Crippen LogP contribution in [0, 0.1) is 17.0 Å². The van der Waals surface area contributed by atoms with Crippen LogP contribution in [0.5, 0.6) is 0 Å². The summed E-state index contributed by atoms with van der Waals surface area (Å²) in [7, 11) is 0. The molecule has 0 aliphatic rings. The first-order valence-corrected chi connectivity index (χ1v) is 6.12. The van der Waals surface area contributed by atoms with Crippen LogP contribution in [0.4, 0.5) is 11.5 Å². The second kappa shape index (κ2) is 4.23. The van der Waals surface area contributed by atoms with Crippen LogP contribution in [0.2, 0.25) is 5.21 Å². The molecule has 1 rings (SSSR count). The summed E-state index contributed by atoms with van der Waals surface area (Å²) < 4.78 is 0.859. The Hall–Kier alpha value is -1.09. The van der Waals surface area contributed by atoms with E-state index in [0.717, 1.165) is 9.69 Å². The Kier molecular flexibility index (Phi) is 3.25. The third kappa shape index (κ3) is 2.42. The fourth-order valence-electron chi connectivity index (χ4n) is 0.848. The molecule has 1 radical (unpaired) electrons. The summed E-state index contributed by atoms with van der Waals surface area (Å²) in [4.78, 5) is 13.8. The number of nitrogens with zero attached hydrogens (tertiary/aromatic N) is 2. The van der Waals surface area contributed by atoms with E-state index in [4.69, 9.17) is 5.73 Å². The van der Waals surface area contributed by atoms with E-state index in [0.29, 0.717) is 0 Å². The van der Waals surface area contributed by atoms with Crippen LogP contribution in [0.15, 0.2) is 12.1 Å². The standard InChI is InChI=1S/C7H9AsN3O2/c1-2-8-6-4-3-5(11(12)13)7(9)10-6/h3-4,8H,1-2H2,(H2,9,10). The van der Waals surface area contributed by atoms with Crippen molar-refractivity contribution >= 4 is 31.7 Å². The van der Waals surface area contributed by atoms with E-state index < -0.39 is 4.92 Å². The van der Waals surface area contributed by atoms with Crippen molar-refractivity contribution in [1.29, 1.82) is 0 Å². The summed E-state index contributed by atoms with van der Waals surface area (Å²) in [6, 6.07) is 3.05. The maximum absolute atomic E-state index is 10.4. The number of nitro groups is 1. The monoisotopic (exact) mass is 242 g/mol. The molecule has 1 unspecified atom stereocenters. The quantitative estimate of drug-likeness (QED) is 0.455. The van der Waals surface area contributed by atoms with Gasteiger partial charge in [0.2, 0.25) is 0 Å². The molecular formula is C7H9AsN3O2. The van der Waals surface area contributed by atoms with Crippen molar-refractivity contribution in [3.8, 4) is 0 Å². The van der Waals surface area contributed by atoms with Gasteiger partial charge in [0.25, 0.3) is 0 Å². The summed E-state index contributed by atoms with van der Waals surface area (Å²) in [5, 5.41) is 11.2. The van der Waals surface area contributed by atoms with Gasteiger partial charge in [0.1, 0.15) is 0 Å². The molecule has 0 amide bonds. The molecule has 0 saturated carbocycles. The van der Waals surface area contributed by atoms with Gasteiger partial charge in [-0.05, 0) is 0 Å². The molecule has 0 aromatic carbocycles. The summed E-state index contributed by atoms with van der Waals surface area (Å²) in [6.45, 7) is 3.71. The molecule has 0 fully saturated rings. The van der Waals surface area contributed by atoms with Crippen LogP contribution in [-0.2, 0) is 0 Å². The van der Waals surface area contributed by atoms with Gasteiger partial charge in [-0.15, -0.1) is 0 Å². The Morgan fingerprint density at radius 1 is 1.69 bits per heavy atom. The number of hydrogen-bond acceptors (Lipinski definition) is 4. The molecule has 1 aromatic rings. The third-order valence-corrected chi connectivity index (χ3v) is 3.27. The van der Waals surface area contributed by atoms with E-state index in [2.05, 4.69) is 11.9 Å². The molecule has 6 heteroatoms. The first-order chi connectivity index (χ1) is 6.15. The zero-order valence-corrected chi connectivity index (χ0v) is 8.96. The maximum atomic E-state index is 10.4. The Morgan fingerprint density at radius 3 is 2.85 bits per heavy atom. The minimum absolute atomic E-state index is 0.000278. The molecule has 0 aliphatic heterocycles. The van der Waals surface area contributed by atoms with Gasteiger partial charge in [-0.1, -0.05) is 0 Å². The molecule has 1 atom stereocenters. The molecule has 13 heavy (non-hydrogen) atoms. The number of nitrogen functional groups attached to an aromatic ring is 1. The normalized spacial score (nSPS) is 10.8. The number of anilines is 1. The van der Waals surface area contributed by atoms with E-state index in [1.807, 2.05) is 0 Å². The van der Waals surface area contributed by atoms with Gasteiger partial charge in [-0.25, -0.2) is 0 Å². The van der Waals surface area contributed by atoms with E-state index in [-0.39, 0.29) is 27.3 Å². The SMILES string of the molecule is [CH2]C[AsH]c1ccc([N+](=O)[O-])c(N)n1. The molecule has 0 bridgehead atoms. The fourth-order valence-corrected chi connectivity index (χ4v) is 2.23.